The lowest BCUT2D eigenvalue weighted by molar-refractivity contribution is -0.156. The van der Waals surface area contributed by atoms with Crippen molar-refractivity contribution in [3.63, 3.8) is 0 Å². The van der Waals surface area contributed by atoms with E-state index in [0.717, 1.165) is 6.54 Å². The fourth-order valence-corrected chi connectivity index (χ4v) is 1.86. The molecule has 1 N–H and O–H groups in total. The van der Waals surface area contributed by atoms with E-state index in [0.29, 0.717) is 12.5 Å². The van der Waals surface area contributed by atoms with Gasteiger partial charge in [0.05, 0.1) is 12.0 Å². The first kappa shape index (κ1) is 9.52. The van der Waals surface area contributed by atoms with Gasteiger partial charge in [-0.3, -0.25) is 4.79 Å². The van der Waals surface area contributed by atoms with E-state index in [1.165, 1.54) is 0 Å². The van der Waals surface area contributed by atoms with Gasteiger partial charge in [-0.2, -0.15) is 0 Å². The Labute approximate surface area is 73.4 Å². The molecular weight excluding hydrogens is 154 g/mol. The van der Waals surface area contributed by atoms with Crippen LogP contribution in [0.4, 0.5) is 0 Å². The Morgan fingerprint density at radius 1 is 1.67 bits per heavy atom. The molecule has 1 unspecified atom stereocenters. The Hall–Kier alpha value is -0.570. The molecule has 70 valence electrons. The van der Waals surface area contributed by atoms with Crippen LogP contribution in [-0.2, 0) is 4.79 Å². The van der Waals surface area contributed by atoms with Gasteiger partial charge in [-0.25, -0.2) is 0 Å². The summed E-state index contributed by atoms with van der Waals surface area (Å²) in [7, 11) is 0. The monoisotopic (exact) mass is 171 g/mol. The molecule has 0 radical (unpaired) electrons. The molecule has 0 aromatic heterocycles. The highest BCUT2D eigenvalue weighted by molar-refractivity contribution is 5.85. The third kappa shape index (κ3) is 1.46. The van der Waals surface area contributed by atoms with Crippen molar-refractivity contribution in [2.45, 2.75) is 39.3 Å². The summed E-state index contributed by atoms with van der Waals surface area (Å²) in [5.41, 5.74) is 0. The lowest BCUT2D eigenvalue weighted by atomic mass is 9.84. The Kier molecular flexibility index (Phi) is 2.73. The first-order valence-corrected chi connectivity index (χ1v) is 4.56. The molecule has 0 bridgehead atoms. The molecule has 1 heterocycles. The summed E-state index contributed by atoms with van der Waals surface area (Å²) in [5.74, 6) is 0.260. The number of β-lactam (4-membered cyclic amide) rings is 1. The number of aliphatic hydroxyl groups excluding tert-OH is 1. The fourth-order valence-electron chi connectivity index (χ4n) is 1.86. The molecule has 1 saturated heterocycles. The molecule has 3 nitrogen and oxygen atoms in total. The largest absolute Gasteiger partial charge is 0.393 e. The smallest absolute Gasteiger partial charge is 0.228 e. The Bertz CT molecular complexity index is 179. The van der Waals surface area contributed by atoms with E-state index >= 15 is 0 Å². The molecule has 12 heavy (non-hydrogen) atoms. The quantitative estimate of drug-likeness (QED) is 0.632. The summed E-state index contributed by atoms with van der Waals surface area (Å²) >= 11 is 0. The third-order valence-corrected chi connectivity index (χ3v) is 2.61. The van der Waals surface area contributed by atoms with Gasteiger partial charge in [0.25, 0.3) is 0 Å². The molecule has 1 aliphatic heterocycles. The molecule has 0 aliphatic carbocycles. The van der Waals surface area contributed by atoms with Crippen molar-refractivity contribution in [1.29, 1.82) is 0 Å². The summed E-state index contributed by atoms with van der Waals surface area (Å²) < 4.78 is 0. The zero-order valence-corrected chi connectivity index (χ0v) is 7.95. The van der Waals surface area contributed by atoms with Crippen LogP contribution in [0.3, 0.4) is 0 Å². The highest BCUT2D eigenvalue weighted by Gasteiger charge is 2.43. The van der Waals surface area contributed by atoms with E-state index in [1.54, 1.807) is 6.92 Å². The number of hydrogen-bond acceptors (Lipinski definition) is 2. The van der Waals surface area contributed by atoms with E-state index < -0.39 is 0 Å². The molecule has 1 amide bonds. The van der Waals surface area contributed by atoms with Crippen LogP contribution in [0.15, 0.2) is 0 Å². The van der Waals surface area contributed by atoms with Crippen LogP contribution in [0.2, 0.25) is 0 Å². The van der Waals surface area contributed by atoms with Crippen molar-refractivity contribution < 1.29 is 9.90 Å². The molecule has 3 atom stereocenters. The molecule has 1 aliphatic rings. The standard InChI is InChI=1S/C9H17NO2/c1-4-10-7(3)8(9(10)12)5-6(2)11/h6-8,11H,4-5H2,1-3H3/t6?,7-,8-/m0/s1. The van der Waals surface area contributed by atoms with Crippen molar-refractivity contribution in [3.05, 3.63) is 0 Å². The molecule has 1 rings (SSSR count). The Balaban J connectivity index is 2.45. The predicted octanol–water partition coefficient (Wildman–Crippen LogP) is 0.624. The molecular formula is C9H17NO2. The molecule has 0 saturated carbocycles. The van der Waals surface area contributed by atoms with Crippen LogP contribution >= 0.6 is 0 Å². The molecule has 0 aromatic rings. The second kappa shape index (κ2) is 3.44. The molecule has 0 aromatic carbocycles. The summed E-state index contributed by atoms with van der Waals surface area (Å²) in [5, 5.41) is 9.11. The number of amides is 1. The summed E-state index contributed by atoms with van der Waals surface area (Å²) in [6, 6.07) is 0.317. The maximum Gasteiger partial charge on any atom is 0.228 e. The normalized spacial score (nSPS) is 31.7. The number of likely N-dealkylation sites (tertiary alicyclic amines) is 1. The van der Waals surface area contributed by atoms with Crippen molar-refractivity contribution in [3.8, 4) is 0 Å². The summed E-state index contributed by atoms with van der Waals surface area (Å²) in [6.45, 7) is 6.54. The van der Waals surface area contributed by atoms with E-state index in [-0.39, 0.29) is 17.9 Å². The van der Waals surface area contributed by atoms with Gasteiger partial charge in [0.1, 0.15) is 0 Å². The van der Waals surface area contributed by atoms with Crippen LogP contribution in [0.5, 0.6) is 0 Å². The van der Waals surface area contributed by atoms with Gasteiger partial charge in [-0.1, -0.05) is 0 Å². The van der Waals surface area contributed by atoms with Crippen LogP contribution in [0.25, 0.3) is 0 Å². The molecule has 1 fully saturated rings. The number of rotatable bonds is 3. The summed E-state index contributed by atoms with van der Waals surface area (Å²) in [6.07, 6.45) is 0.247. The van der Waals surface area contributed by atoms with Gasteiger partial charge in [0.15, 0.2) is 0 Å². The minimum atomic E-state index is -0.361. The van der Waals surface area contributed by atoms with E-state index in [2.05, 4.69) is 0 Å². The van der Waals surface area contributed by atoms with Gasteiger partial charge in [0, 0.05) is 12.6 Å². The number of nitrogens with zero attached hydrogens (tertiary/aromatic N) is 1. The van der Waals surface area contributed by atoms with Crippen LogP contribution in [0.1, 0.15) is 27.2 Å². The molecule has 3 heteroatoms. The number of carbonyl (C=O) groups excluding carboxylic acids is 1. The average Bonchev–Trinajstić information content (AvgIpc) is 2.01. The van der Waals surface area contributed by atoms with E-state index in [9.17, 15) is 4.79 Å². The third-order valence-electron chi connectivity index (χ3n) is 2.61. The Morgan fingerprint density at radius 2 is 2.25 bits per heavy atom. The number of hydrogen-bond donors (Lipinski definition) is 1. The maximum atomic E-state index is 11.4. The SMILES string of the molecule is CCN1C(=O)[C@@H](CC(C)O)[C@@H]1C. The van der Waals surface area contributed by atoms with Gasteiger partial charge in [-0.05, 0) is 27.2 Å². The van der Waals surface area contributed by atoms with Crippen LogP contribution < -0.4 is 0 Å². The van der Waals surface area contributed by atoms with Crippen LogP contribution in [-0.4, -0.2) is 34.6 Å². The minimum Gasteiger partial charge on any atom is -0.393 e. The predicted molar refractivity (Wildman–Crippen MR) is 46.6 cm³/mol. The lowest BCUT2D eigenvalue weighted by Gasteiger charge is -2.45. The topological polar surface area (TPSA) is 40.5 Å². The fraction of sp³-hybridized carbons (Fsp3) is 0.889. The maximum absolute atomic E-state index is 11.4. The van der Waals surface area contributed by atoms with Crippen molar-refractivity contribution in [2.75, 3.05) is 6.54 Å². The second-order valence-corrected chi connectivity index (χ2v) is 3.56. The van der Waals surface area contributed by atoms with E-state index in [1.807, 2.05) is 18.7 Å². The highest BCUT2D eigenvalue weighted by Crippen LogP contribution is 2.29. The number of aliphatic hydroxyl groups is 1. The highest BCUT2D eigenvalue weighted by atomic mass is 16.3. The average molecular weight is 171 g/mol. The second-order valence-electron chi connectivity index (χ2n) is 3.56. The van der Waals surface area contributed by atoms with E-state index in [4.69, 9.17) is 5.11 Å². The zero-order chi connectivity index (χ0) is 9.30. The van der Waals surface area contributed by atoms with Crippen molar-refractivity contribution >= 4 is 5.91 Å². The Morgan fingerprint density at radius 3 is 2.58 bits per heavy atom. The first-order valence-electron chi connectivity index (χ1n) is 4.56. The van der Waals surface area contributed by atoms with Gasteiger partial charge in [-0.15, -0.1) is 0 Å². The van der Waals surface area contributed by atoms with Crippen molar-refractivity contribution in [1.82, 2.24) is 4.90 Å². The minimum absolute atomic E-state index is 0.0601. The van der Waals surface area contributed by atoms with Crippen LogP contribution in [0, 0.1) is 5.92 Å². The van der Waals surface area contributed by atoms with Gasteiger partial charge < -0.3 is 10.0 Å². The first-order chi connectivity index (χ1) is 5.57. The van der Waals surface area contributed by atoms with Crippen molar-refractivity contribution in [2.24, 2.45) is 5.92 Å². The van der Waals surface area contributed by atoms with Gasteiger partial charge >= 0.3 is 0 Å². The van der Waals surface area contributed by atoms with Gasteiger partial charge in [0.2, 0.25) is 5.91 Å². The zero-order valence-electron chi connectivity index (χ0n) is 7.95. The molecule has 0 spiro atoms. The summed E-state index contributed by atoms with van der Waals surface area (Å²) in [4.78, 5) is 13.2. The number of carbonyl (C=O) groups is 1. The lowest BCUT2D eigenvalue weighted by Crippen LogP contribution is -2.59.